The molecule has 4 N–H and O–H groups in total. The molecule has 170 valence electrons. The van der Waals surface area contributed by atoms with Crippen LogP contribution in [0.4, 0.5) is 16.3 Å². The number of nitrogens with two attached hydrogens (primary N) is 1. The summed E-state index contributed by atoms with van der Waals surface area (Å²) in [5.74, 6) is -1.10. The number of anilines is 2. The number of aromatic nitrogens is 2. The highest BCUT2D eigenvalue weighted by molar-refractivity contribution is 6.10. The molecule has 2 fully saturated rings. The van der Waals surface area contributed by atoms with Gasteiger partial charge in [0.25, 0.3) is 11.5 Å². The highest BCUT2D eigenvalue weighted by Crippen LogP contribution is 2.42. The number of nitrogens with zero attached hydrogens (tertiary/aromatic N) is 3. The Balaban J connectivity index is 1.93. The van der Waals surface area contributed by atoms with Gasteiger partial charge in [0.2, 0.25) is 5.91 Å². The molecular weight excluding hydrogens is 404 g/mol. The van der Waals surface area contributed by atoms with Gasteiger partial charge in [-0.15, -0.1) is 0 Å². The predicted molar refractivity (Wildman–Crippen MR) is 115 cm³/mol. The summed E-state index contributed by atoms with van der Waals surface area (Å²) in [4.78, 5) is 67.5. The van der Waals surface area contributed by atoms with Crippen LogP contribution in [0.15, 0.2) is 9.59 Å². The van der Waals surface area contributed by atoms with Crippen molar-refractivity contribution in [3.05, 3.63) is 20.8 Å². The van der Waals surface area contributed by atoms with Crippen LogP contribution in [-0.4, -0.2) is 50.9 Å². The average molecular weight is 434 g/mol. The molecule has 1 saturated heterocycles. The second-order valence-corrected chi connectivity index (χ2v) is 8.34. The van der Waals surface area contributed by atoms with Crippen molar-refractivity contribution in [2.24, 2.45) is 5.92 Å². The molecule has 0 radical (unpaired) electrons. The Bertz CT molecular complexity index is 1010. The molecule has 0 spiro atoms. The van der Waals surface area contributed by atoms with Crippen molar-refractivity contribution in [1.29, 1.82) is 0 Å². The van der Waals surface area contributed by atoms with E-state index in [4.69, 9.17) is 5.73 Å². The van der Waals surface area contributed by atoms with Gasteiger partial charge in [0.15, 0.2) is 5.69 Å². The monoisotopic (exact) mass is 434 g/mol. The summed E-state index contributed by atoms with van der Waals surface area (Å²) >= 11 is 0. The zero-order valence-electron chi connectivity index (χ0n) is 18.2. The summed E-state index contributed by atoms with van der Waals surface area (Å²) < 4.78 is 1.21. The van der Waals surface area contributed by atoms with Gasteiger partial charge in [-0.3, -0.25) is 28.8 Å². The van der Waals surface area contributed by atoms with Gasteiger partial charge in [-0.05, 0) is 38.5 Å². The van der Waals surface area contributed by atoms with E-state index in [-0.39, 0.29) is 30.5 Å². The Labute approximate surface area is 179 Å². The van der Waals surface area contributed by atoms with Gasteiger partial charge >= 0.3 is 11.7 Å². The van der Waals surface area contributed by atoms with Gasteiger partial charge in [0, 0.05) is 13.1 Å². The number of H-pyrrole nitrogens is 1. The third-order valence-electron chi connectivity index (χ3n) is 5.96. The number of amides is 4. The van der Waals surface area contributed by atoms with Gasteiger partial charge in [-0.25, -0.2) is 9.59 Å². The van der Waals surface area contributed by atoms with Crippen molar-refractivity contribution in [3.63, 3.8) is 0 Å². The lowest BCUT2D eigenvalue weighted by atomic mass is 9.96. The smallest absolute Gasteiger partial charge is 0.330 e. The molecule has 1 aliphatic carbocycles. The van der Waals surface area contributed by atoms with Crippen LogP contribution in [0.2, 0.25) is 0 Å². The zero-order chi connectivity index (χ0) is 22.9. The molecule has 1 atom stereocenters. The maximum Gasteiger partial charge on any atom is 0.330 e. The molecule has 1 aromatic rings. The Hall–Kier alpha value is -3.11. The number of nitrogens with one attached hydrogen (secondary N) is 2. The van der Waals surface area contributed by atoms with Crippen LogP contribution in [0, 0.1) is 5.92 Å². The molecule has 1 unspecified atom stereocenters. The van der Waals surface area contributed by atoms with Gasteiger partial charge in [0.1, 0.15) is 17.9 Å². The normalized spacial score (nSPS) is 20.8. The quantitative estimate of drug-likeness (QED) is 0.478. The lowest BCUT2D eigenvalue weighted by molar-refractivity contribution is -0.134. The largest absolute Gasteiger partial charge is 0.383 e. The SMILES string of the molecule is CCCCN(C(=O)CN1C(=O)NC(C)(C2CC2)C1=O)c1c(N)n(CCC)c(=O)[nH]c1=O. The van der Waals surface area contributed by atoms with Gasteiger partial charge in [0.05, 0.1) is 0 Å². The van der Waals surface area contributed by atoms with E-state index in [0.717, 1.165) is 24.2 Å². The van der Waals surface area contributed by atoms with Gasteiger partial charge in [-0.1, -0.05) is 20.3 Å². The van der Waals surface area contributed by atoms with E-state index in [2.05, 4.69) is 10.3 Å². The molecule has 0 aromatic carbocycles. The van der Waals surface area contributed by atoms with Crippen LogP contribution in [-0.2, 0) is 16.1 Å². The predicted octanol–water partition coefficient (Wildman–Crippen LogP) is 0.382. The summed E-state index contributed by atoms with van der Waals surface area (Å²) in [6.07, 6.45) is 3.59. The van der Waals surface area contributed by atoms with E-state index in [1.54, 1.807) is 6.92 Å². The number of hydrogen-bond donors (Lipinski definition) is 3. The fourth-order valence-corrected chi connectivity index (χ4v) is 3.98. The molecule has 1 saturated carbocycles. The van der Waals surface area contributed by atoms with Gasteiger partial charge in [-0.2, -0.15) is 0 Å². The summed E-state index contributed by atoms with van der Waals surface area (Å²) in [5.41, 5.74) is 3.56. The number of hydrogen-bond acceptors (Lipinski definition) is 6. The first-order valence-corrected chi connectivity index (χ1v) is 10.7. The number of unbranched alkanes of at least 4 members (excludes halogenated alkanes) is 1. The standard InChI is InChI=1S/C20H30N6O5/c1-4-6-10-24(14-15(21)25(9-5-2)18(30)22-16(14)28)13(27)11-26-17(29)20(3,12-7-8-12)23-19(26)31/h12H,4-11,21H2,1-3H3,(H,23,31)(H,22,28,30). The van der Waals surface area contributed by atoms with Crippen molar-refractivity contribution in [1.82, 2.24) is 19.8 Å². The van der Waals surface area contributed by atoms with Crippen LogP contribution < -0.4 is 27.2 Å². The minimum atomic E-state index is -1.00. The first-order chi connectivity index (χ1) is 14.7. The molecular formula is C20H30N6O5. The molecule has 11 nitrogen and oxygen atoms in total. The maximum atomic E-state index is 13.2. The van der Waals surface area contributed by atoms with E-state index < -0.39 is 41.2 Å². The second kappa shape index (κ2) is 8.56. The first-order valence-electron chi connectivity index (χ1n) is 10.7. The topological polar surface area (TPSA) is 151 Å². The molecule has 4 amide bonds. The van der Waals surface area contributed by atoms with Crippen LogP contribution in [0.5, 0.6) is 0 Å². The van der Waals surface area contributed by atoms with Crippen LogP contribution >= 0.6 is 0 Å². The van der Waals surface area contributed by atoms with Crippen molar-refractivity contribution in [2.45, 2.75) is 65.0 Å². The van der Waals surface area contributed by atoms with E-state index in [1.807, 2.05) is 13.8 Å². The van der Waals surface area contributed by atoms with Crippen molar-refractivity contribution in [3.8, 4) is 0 Å². The second-order valence-electron chi connectivity index (χ2n) is 8.34. The summed E-state index contributed by atoms with van der Waals surface area (Å²) in [6.45, 7) is 5.38. The average Bonchev–Trinajstić information content (AvgIpc) is 3.53. The molecule has 1 aliphatic heterocycles. The van der Waals surface area contributed by atoms with Crippen molar-refractivity contribution in [2.75, 3.05) is 23.7 Å². The Morgan fingerprint density at radius 2 is 1.87 bits per heavy atom. The Morgan fingerprint density at radius 3 is 2.45 bits per heavy atom. The van der Waals surface area contributed by atoms with Crippen molar-refractivity contribution < 1.29 is 14.4 Å². The van der Waals surface area contributed by atoms with Crippen molar-refractivity contribution >= 4 is 29.4 Å². The number of rotatable bonds is 9. The Morgan fingerprint density at radius 1 is 1.19 bits per heavy atom. The molecule has 0 bridgehead atoms. The minimum Gasteiger partial charge on any atom is -0.383 e. The van der Waals surface area contributed by atoms with Crippen LogP contribution in [0.25, 0.3) is 0 Å². The summed E-state index contributed by atoms with van der Waals surface area (Å²) in [7, 11) is 0. The molecule has 2 heterocycles. The maximum absolute atomic E-state index is 13.2. The minimum absolute atomic E-state index is 0.0661. The summed E-state index contributed by atoms with van der Waals surface area (Å²) in [6, 6.07) is -0.624. The van der Waals surface area contributed by atoms with E-state index in [0.29, 0.717) is 12.8 Å². The lowest BCUT2D eigenvalue weighted by Crippen LogP contribution is -2.48. The lowest BCUT2D eigenvalue weighted by Gasteiger charge is -2.26. The first kappa shape index (κ1) is 22.6. The number of urea groups is 1. The van der Waals surface area contributed by atoms with Crippen LogP contribution in [0.3, 0.4) is 0 Å². The zero-order valence-corrected chi connectivity index (χ0v) is 18.2. The van der Waals surface area contributed by atoms with E-state index in [1.165, 1.54) is 9.47 Å². The highest BCUT2D eigenvalue weighted by atomic mass is 16.2. The van der Waals surface area contributed by atoms with E-state index in [9.17, 15) is 24.0 Å². The molecule has 3 rings (SSSR count). The molecule has 11 heteroatoms. The third-order valence-corrected chi connectivity index (χ3v) is 5.96. The van der Waals surface area contributed by atoms with Gasteiger partial charge < -0.3 is 16.0 Å². The number of nitrogen functional groups attached to an aromatic ring is 1. The number of carbonyl (C=O) groups excluding carboxylic acids is 3. The molecule has 1 aromatic heterocycles. The fourth-order valence-electron chi connectivity index (χ4n) is 3.98. The van der Waals surface area contributed by atoms with Crippen LogP contribution in [0.1, 0.15) is 52.9 Å². The number of imide groups is 1. The number of carbonyl (C=O) groups is 3. The highest BCUT2D eigenvalue weighted by Gasteiger charge is 2.56. The Kier molecular flexibility index (Phi) is 6.23. The molecule has 2 aliphatic rings. The molecule has 31 heavy (non-hydrogen) atoms. The third kappa shape index (κ3) is 4.08. The summed E-state index contributed by atoms with van der Waals surface area (Å²) in [5, 5.41) is 2.70. The number of aromatic amines is 1. The van der Waals surface area contributed by atoms with E-state index >= 15 is 0 Å². The fraction of sp³-hybridized carbons (Fsp3) is 0.650.